The lowest BCUT2D eigenvalue weighted by atomic mass is 10.1. The number of halogens is 1. The van der Waals surface area contributed by atoms with Crippen molar-refractivity contribution in [1.29, 1.82) is 0 Å². The predicted octanol–water partition coefficient (Wildman–Crippen LogP) is 3.59. The Bertz CT molecular complexity index is 619. The van der Waals surface area contributed by atoms with E-state index in [4.69, 9.17) is 4.42 Å². The van der Waals surface area contributed by atoms with E-state index in [1.54, 1.807) is 12.1 Å². The lowest BCUT2D eigenvalue weighted by Gasteiger charge is -1.97. The van der Waals surface area contributed by atoms with Gasteiger partial charge < -0.3 is 4.42 Å². The second-order valence-corrected chi connectivity index (χ2v) is 6.69. The third-order valence-electron chi connectivity index (χ3n) is 2.27. The summed E-state index contributed by atoms with van der Waals surface area (Å²) in [5, 5.41) is 12.1. The Labute approximate surface area is 134 Å². The number of amides is 1. The monoisotopic (exact) mass is 403 g/mol. The van der Waals surface area contributed by atoms with Crippen molar-refractivity contribution in [2.45, 2.75) is 20.3 Å². The summed E-state index contributed by atoms with van der Waals surface area (Å²) < 4.78 is 6.11. The Morgan fingerprint density at radius 2 is 2.30 bits per heavy atom. The molecular weight excluding hydrogens is 389 g/mol. The highest BCUT2D eigenvalue weighted by atomic mass is 127. The van der Waals surface area contributed by atoms with Gasteiger partial charge in [-0.15, -0.1) is 10.2 Å². The van der Waals surface area contributed by atoms with Crippen LogP contribution in [0.4, 0.5) is 5.13 Å². The van der Waals surface area contributed by atoms with Crippen LogP contribution < -0.4 is 5.32 Å². The number of aromatic nitrogens is 2. The number of carbonyl (C=O) groups excluding carboxylic acids is 1. The first-order chi connectivity index (χ1) is 9.52. The van der Waals surface area contributed by atoms with Gasteiger partial charge in [-0.2, -0.15) is 0 Å². The van der Waals surface area contributed by atoms with Crippen LogP contribution in [0.5, 0.6) is 0 Å². The van der Waals surface area contributed by atoms with E-state index in [1.165, 1.54) is 17.4 Å². The van der Waals surface area contributed by atoms with Gasteiger partial charge in [-0.25, -0.2) is 0 Å². The fourth-order valence-electron chi connectivity index (χ4n) is 1.46. The maximum Gasteiger partial charge on any atom is 0.250 e. The molecule has 0 atom stereocenters. The summed E-state index contributed by atoms with van der Waals surface area (Å²) in [6.45, 7) is 4.24. The van der Waals surface area contributed by atoms with Crippen LogP contribution in [0.1, 0.15) is 24.6 Å². The molecule has 20 heavy (non-hydrogen) atoms. The Kier molecular flexibility index (Phi) is 5.30. The smallest absolute Gasteiger partial charge is 0.250 e. The Balaban J connectivity index is 1.91. The summed E-state index contributed by atoms with van der Waals surface area (Å²) in [5.41, 5.74) is 0. The van der Waals surface area contributed by atoms with Crippen LogP contribution >= 0.6 is 33.9 Å². The van der Waals surface area contributed by atoms with E-state index < -0.39 is 0 Å². The van der Waals surface area contributed by atoms with Crippen molar-refractivity contribution in [1.82, 2.24) is 10.2 Å². The minimum Gasteiger partial charge on any atom is -0.451 e. The number of anilines is 1. The first kappa shape index (κ1) is 15.2. The largest absolute Gasteiger partial charge is 0.451 e. The summed E-state index contributed by atoms with van der Waals surface area (Å²) in [7, 11) is 0. The van der Waals surface area contributed by atoms with Crippen LogP contribution in [0.3, 0.4) is 0 Å². The number of nitrogens with one attached hydrogen (secondary N) is 1. The molecule has 2 aromatic heterocycles. The highest BCUT2D eigenvalue weighted by molar-refractivity contribution is 14.1. The van der Waals surface area contributed by atoms with Crippen molar-refractivity contribution in [3.63, 3.8) is 0 Å². The van der Waals surface area contributed by atoms with Crippen molar-refractivity contribution in [3.8, 4) is 0 Å². The molecule has 0 unspecified atom stereocenters. The molecular formula is C13H14IN3O2S. The number of hydrogen-bond acceptors (Lipinski definition) is 5. The zero-order chi connectivity index (χ0) is 14.5. The number of rotatable bonds is 5. The third-order valence-corrected chi connectivity index (χ3v) is 3.71. The minimum absolute atomic E-state index is 0.247. The standard InChI is InChI=1S/C13H14IN3O2S/c1-8(2)7-12-16-17-13(20-12)15-11(18)6-4-9-3-5-10(14)19-9/h3-6,8H,7H2,1-2H3,(H,15,17,18)/b6-4+. The van der Waals surface area contributed by atoms with Gasteiger partial charge in [0.25, 0.3) is 0 Å². The van der Waals surface area contributed by atoms with Crippen LogP contribution in [-0.2, 0) is 11.2 Å². The molecule has 2 rings (SSSR count). The van der Waals surface area contributed by atoms with Gasteiger partial charge in [-0.05, 0) is 46.7 Å². The molecule has 0 fully saturated rings. The maximum atomic E-state index is 11.7. The zero-order valence-electron chi connectivity index (χ0n) is 11.1. The van der Waals surface area contributed by atoms with Crippen LogP contribution in [0, 0.1) is 9.68 Å². The summed E-state index contributed by atoms with van der Waals surface area (Å²) in [6, 6.07) is 3.64. The molecule has 0 radical (unpaired) electrons. The molecule has 0 spiro atoms. The van der Waals surface area contributed by atoms with E-state index in [0.717, 1.165) is 15.2 Å². The van der Waals surface area contributed by atoms with Gasteiger partial charge in [0.15, 0.2) is 3.77 Å². The van der Waals surface area contributed by atoms with Gasteiger partial charge in [0.1, 0.15) is 10.8 Å². The topological polar surface area (TPSA) is 68.0 Å². The van der Waals surface area contributed by atoms with Gasteiger partial charge in [0.2, 0.25) is 11.0 Å². The molecule has 0 aliphatic carbocycles. The van der Waals surface area contributed by atoms with Gasteiger partial charge in [0.05, 0.1) is 0 Å². The molecule has 0 aromatic carbocycles. The highest BCUT2D eigenvalue weighted by Crippen LogP contribution is 2.18. The van der Waals surface area contributed by atoms with E-state index in [9.17, 15) is 4.79 Å². The first-order valence-corrected chi connectivity index (χ1v) is 7.99. The Hall–Kier alpha value is -1.22. The van der Waals surface area contributed by atoms with Crippen molar-refractivity contribution in [2.24, 2.45) is 5.92 Å². The second-order valence-electron chi connectivity index (χ2n) is 4.56. The zero-order valence-corrected chi connectivity index (χ0v) is 14.1. The molecule has 0 saturated carbocycles. The van der Waals surface area contributed by atoms with Crippen LogP contribution in [0.15, 0.2) is 22.6 Å². The molecule has 0 aliphatic rings. The van der Waals surface area contributed by atoms with Crippen LogP contribution in [0.2, 0.25) is 0 Å². The number of nitrogens with zero attached hydrogens (tertiary/aromatic N) is 2. The molecule has 106 valence electrons. The van der Waals surface area contributed by atoms with E-state index >= 15 is 0 Å². The summed E-state index contributed by atoms with van der Waals surface area (Å²) >= 11 is 3.47. The third kappa shape index (κ3) is 4.71. The van der Waals surface area contributed by atoms with Crippen LogP contribution in [-0.4, -0.2) is 16.1 Å². The quantitative estimate of drug-likeness (QED) is 0.612. The summed E-state index contributed by atoms with van der Waals surface area (Å²) in [5.74, 6) is 0.916. The van der Waals surface area contributed by atoms with Gasteiger partial charge in [-0.1, -0.05) is 25.2 Å². The van der Waals surface area contributed by atoms with E-state index in [0.29, 0.717) is 16.8 Å². The average Bonchev–Trinajstić information content (AvgIpc) is 2.95. The predicted molar refractivity (Wildman–Crippen MR) is 87.5 cm³/mol. The Morgan fingerprint density at radius 3 is 2.95 bits per heavy atom. The molecule has 0 bridgehead atoms. The molecule has 1 N–H and O–H groups in total. The van der Waals surface area contributed by atoms with Crippen LogP contribution in [0.25, 0.3) is 6.08 Å². The fraction of sp³-hybridized carbons (Fsp3) is 0.308. The van der Waals surface area contributed by atoms with Crippen molar-refractivity contribution < 1.29 is 9.21 Å². The number of furan rings is 1. The van der Waals surface area contributed by atoms with Crippen molar-refractivity contribution in [3.05, 3.63) is 32.7 Å². The van der Waals surface area contributed by atoms with Gasteiger partial charge >= 0.3 is 0 Å². The lowest BCUT2D eigenvalue weighted by molar-refractivity contribution is -0.111. The van der Waals surface area contributed by atoms with E-state index in [1.807, 2.05) is 6.07 Å². The summed E-state index contributed by atoms with van der Waals surface area (Å²) in [4.78, 5) is 11.7. The number of hydrogen-bond donors (Lipinski definition) is 1. The van der Waals surface area contributed by atoms with E-state index in [-0.39, 0.29) is 5.91 Å². The van der Waals surface area contributed by atoms with Gasteiger partial charge in [-0.3, -0.25) is 10.1 Å². The average molecular weight is 403 g/mol. The molecule has 5 nitrogen and oxygen atoms in total. The minimum atomic E-state index is -0.247. The molecule has 0 aliphatic heterocycles. The molecule has 2 aromatic rings. The van der Waals surface area contributed by atoms with Crippen molar-refractivity contribution >= 4 is 51.0 Å². The summed E-state index contributed by atoms with van der Waals surface area (Å²) in [6.07, 6.45) is 3.90. The van der Waals surface area contributed by atoms with E-state index in [2.05, 4.69) is 52.0 Å². The second kappa shape index (κ2) is 6.98. The molecule has 2 heterocycles. The molecule has 0 saturated heterocycles. The molecule has 7 heteroatoms. The lowest BCUT2D eigenvalue weighted by Crippen LogP contribution is -2.07. The SMILES string of the molecule is CC(C)Cc1nnc(NC(=O)/C=C/c2ccc(I)o2)s1. The normalized spacial score (nSPS) is 11.4. The number of carbonyl (C=O) groups is 1. The molecule has 1 amide bonds. The van der Waals surface area contributed by atoms with Crippen molar-refractivity contribution in [2.75, 3.05) is 5.32 Å². The maximum absolute atomic E-state index is 11.7. The van der Waals surface area contributed by atoms with Gasteiger partial charge in [0, 0.05) is 12.5 Å². The fourth-order valence-corrected chi connectivity index (χ4v) is 2.85. The highest BCUT2D eigenvalue weighted by Gasteiger charge is 2.07. The first-order valence-electron chi connectivity index (χ1n) is 6.09. The Morgan fingerprint density at radius 1 is 1.50 bits per heavy atom.